The number of para-hydroxylation sites is 3. The molecule has 7 saturated heterocycles. The summed E-state index contributed by atoms with van der Waals surface area (Å²) in [5.41, 5.74) is 10.0. The lowest BCUT2D eigenvalue weighted by molar-refractivity contribution is -0.132. The minimum absolute atomic E-state index is 0.0262. The van der Waals surface area contributed by atoms with E-state index in [1.165, 1.54) is 175 Å². The molecular weight excluding hydrogens is 1620 g/mol. The van der Waals surface area contributed by atoms with Crippen molar-refractivity contribution in [3.63, 3.8) is 0 Å². The molecule has 0 bridgehead atoms. The summed E-state index contributed by atoms with van der Waals surface area (Å²) in [7, 11) is 4.35. The van der Waals surface area contributed by atoms with Crippen LogP contribution >= 0.6 is 11.8 Å². The summed E-state index contributed by atoms with van der Waals surface area (Å²) in [6, 6.07) is 29.5. The number of hydrogen-bond acceptors (Lipinski definition) is 15. The van der Waals surface area contributed by atoms with Crippen LogP contribution in [-0.2, 0) is 44.8 Å². The molecule has 1 aliphatic carbocycles. The van der Waals surface area contributed by atoms with E-state index < -0.39 is 0 Å². The number of hydrogen-bond donors (Lipinski definition) is 0. The van der Waals surface area contributed by atoms with Gasteiger partial charge < -0.3 is 28.6 Å². The van der Waals surface area contributed by atoms with Gasteiger partial charge in [-0.15, -0.1) is 0 Å². The lowest BCUT2D eigenvalue weighted by Gasteiger charge is -2.38. The number of ether oxygens (including phenoxy) is 1. The van der Waals surface area contributed by atoms with Gasteiger partial charge in [0, 0.05) is 163 Å². The van der Waals surface area contributed by atoms with Crippen molar-refractivity contribution in [1.82, 2.24) is 82.8 Å². The molecule has 9 aliphatic rings. The fraction of sp³-hybridized carbons (Fsp3) is 0.700. The van der Waals surface area contributed by atoms with E-state index in [0.29, 0.717) is 33.2 Å². The van der Waals surface area contributed by atoms with Crippen molar-refractivity contribution >= 4 is 39.6 Å². The zero-order valence-electron chi connectivity index (χ0n) is 89.6. The van der Waals surface area contributed by atoms with Gasteiger partial charge in [-0.1, -0.05) is 105 Å². The topological polar surface area (TPSA) is 127 Å². The fourth-order valence-corrected chi connectivity index (χ4v) is 17.5. The van der Waals surface area contributed by atoms with Crippen LogP contribution in [-0.4, -0.2) is 258 Å². The number of nitrogens with zero attached hydrogens (tertiary/aromatic N) is 17. The molecule has 734 valence electrons. The number of carbonyl (C=O) groups is 1. The fourth-order valence-electron chi connectivity index (χ4n) is 16.6. The molecule has 0 radical (unpaired) electrons. The van der Waals surface area contributed by atoms with E-state index >= 15 is 0 Å². The van der Waals surface area contributed by atoms with Crippen molar-refractivity contribution in [3.05, 3.63) is 170 Å². The van der Waals surface area contributed by atoms with Crippen LogP contribution in [0.3, 0.4) is 0 Å². The highest BCUT2D eigenvalue weighted by molar-refractivity contribution is 7.99. The third-order valence-electron chi connectivity index (χ3n) is 25.1. The lowest BCUT2D eigenvalue weighted by atomic mass is 9.90. The number of thioether (sulfide) groups is 1. The molecule has 12 heterocycles. The van der Waals surface area contributed by atoms with E-state index in [9.17, 15) is 4.79 Å². The van der Waals surface area contributed by atoms with Gasteiger partial charge in [0.1, 0.15) is 12.7 Å². The number of piperidine rings is 1. The average molecular weight is 1820 g/mol. The quantitative estimate of drug-likeness (QED) is 0.143. The minimum atomic E-state index is -0.173. The van der Waals surface area contributed by atoms with Gasteiger partial charge in [-0.25, -0.2) is 14.6 Å². The Morgan fingerprint density at radius 3 is 1.12 bits per heavy atom. The Hall–Kier alpha value is -6.30. The van der Waals surface area contributed by atoms with Crippen LogP contribution in [0, 0.1) is 11.8 Å². The zero-order chi connectivity index (χ0) is 97.5. The maximum atomic E-state index is 12.2. The monoisotopic (exact) mass is 1810 g/mol. The molecule has 4 aromatic heterocycles. The highest BCUT2D eigenvalue weighted by Gasteiger charge is 2.46. The molecule has 0 saturated carbocycles. The molecule has 20 heteroatoms. The summed E-state index contributed by atoms with van der Waals surface area (Å²) in [6.07, 6.45) is 31.8. The number of likely N-dealkylation sites (tertiary alicyclic amines) is 4. The Labute approximate surface area is 799 Å². The normalized spacial score (nSPS) is 19.8. The third-order valence-corrected chi connectivity index (χ3v) is 26.1. The van der Waals surface area contributed by atoms with E-state index in [0.717, 1.165) is 50.6 Å². The predicted octanol–water partition coefficient (Wildman–Crippen LogP) is 23.8. The van der Waals surface area contributed by atoms with Crippen LogP contribution < -0.4 is 0 Å². The van der Waals surface area contributed by atoms with Crippen molar-refractivity contribution in [1.29, 1.82) is 0 Å². The van der Waals surface area contributed by atoms with Crippen molar-refractivity contribution < 1.29 is 9.53 Å². The van der Waals surface area contributed by atoms with Crippen LogP contribution in [0.25, 0.3) is 21.9 Å². The molecule has 16 rings (SSSR count). The maximum absolute atomic E-state index is 12.2. The minimum Gasteiger partial charge on any atom is -0.379 e. The number of aromatic nitrogens is 8. The van der Waals surface area contributed by atoms with Crippen molar-refractivity contribution in [2.45, 2.75) is 360 Å². The van der Waals surface area contributed by atoms with E-state index in [1.807, 2.05) is 90.1 Å². The summed E-state index contributed by atoms with van der Waals surface area (Å²) < 4.78 is 13.5. The van der Waals surface area contributed by atoms with E-state index in [2.05, 4.69) is 382 Å². The van der Waals surface area contributed by atoms with Crippen LogP contribution in [0.15, 0.2) is 159 Å². The number of morpholine rings is 1. The SMILES string of the molecule is C=C1C2C=CC=CC2C(=O)N1C(C)(C)C.CC(C)(C)N1CCCC1.CC(C)(C)N1CCCCC1.CC(C)(C)N1CCCCCC1.CC(C)(C)N1CCOCC1.CC(C)(C)N1CCSCC1.CC(C)(C)N1Cc2ccccc2C1.CC(C)(C)n1ccc2ccccc21.CC(C)(C)n1cccn1.CC(C)(C)n1cnc2ccccc21.CC(C)(C)n1cncn1.CN1CCN(C)CC1. The predicted molar refractivity (Wildman–Crippen MR) is 562 cm³/mol. The smallest absolute Gasteiger partial charge is 0.235 e. The Kier molecular flexibility index (Phi) is 45.3. The molecule has 8 aliphatic heterocycles. The molecule has 2 atom stereocenters. The first-order valence-electron chi connectivity index (χ1n) is 49.5. The maximum Gasteiger partial charge on any atom is 0.235 e. The number of amides is 1. The van der Waals surface area contributed by atoms with Gasteiger partial charge in [0.2, 0.25) is 5.91 Å². The lowest BCUT2D eigenvalue weighted by Crippen LogP contribution is -2.47. The molecule has 19 nitrogen and oxygen atoms in total. The molecule has 0 N–H and O–H groups in total. The second-order valence-electron chi connectivity index (χ2n) is 47.6. The first kappa shape index (κ1) is 114. The standard InChI is InChI=1S/C13H17NO.C12H17N.C12H15N.C11H14N2.C10H21N.C9H19N.C8H17NO.C8H17NS.C8H17N.C7H12N2.C6H11N3.C6H14N2/c1-9-10-7-5-6-8-11(10)12(15)14(9)13(2,3)4;1-12(2,3)13-8-10-6-4-5-7-11(10)9-13;1-12(2,3)13-9-8-10-6-4-5-7-11(10)13;1-11(2,3)13-8-12-9-6-4-5-7-10(9)13;1-10(2,3)11-8-6-4-5-7-9-11;1-9(2,3)10-7-5-4-6-8-10;2*1-8(2,3)9-4-6-10-7-5-9;1-8(2,3)9-6-4-5-7-9;1-7(2,3)9-6-4-5-8-9;1-6(2,3)9-5-7-4-8-9;1-7-3-5-8(2)6-4-7/h5-8,10-11H,1H2,2-4H3;4-7H,8-9H2,1-3H3;4-9H,1-3H3;4-8H,1-3H3;4-9H2,1-3H3;4-8H2,1-3H3;2*4-7H2,1-3H3;4-7H2,1-3H3;4-6H,1-3H3;4-5H,1-3H3;3-6H2,1-2H3. The van der Waals surface area contributed by atoms with Crippen molar-refractivity contribution in [2.24, 2.45) is 11.8 Å². The van der Waals surface area contributed by atoms with Gasteiger partial charge in [0.05, 0.1) is 47.6 Å². The number of rotatable bonds is 0. The van der Waals surface area contributed by atoms with Gasteiger partial charge in [0.25, 0.3) is 0 Å². The molecule has 2 unspecified atom stereocenters. The van der Waals surface area contributed by atoms with Gasteiger partial charge in [-0.2, -0.15) is 22.0 Å². The highest BCUT2D eigenvalue weighted by atomic mass is 32.2. The van der Waals surface area contributed by atoms with Gasteiger partial charge in [-0.05, 0) is 367 Å². The summed E-state index contributed by atoms with van der Waals surface area (Å²) in [6.45, 7) is 98.7. The van der Waals surface area contributed by atoms with Crippen molar-refractivity contribution in [3.8, 4) is 0 Å². The molecule has 7 aromatic rings. The molecule has 1 amide bonds. The number of piperazine rings is 1. The molecule has 130 heavy (non-hydrogen) atoms. The van der Waals surface area contributed by atoms with Crippen LogP contribution in [0.4, 0.5) is 0 Å². The molecular formula is C110H191N17O2S. The Morgan fingerprint density at radius 2 is 0.754 bits per heavy atom. The zero-order valence-corrected chi connectivity index (χ0v) is 90.4. The van der Waals surface area contributed by atoms with E-state index in [4.69, 9.17) is 4.74 Å². The second kappa shape index (κ2) is 51.6. The molecule has 0 spiro atoms. The van der Waals surface area contributed by atoms with Gasteiger partial charge in [-0.3, -0.25) is 38.9 Å². The summed E-state index contributed by atoms with van der Waals surface area (Å²) >= 11 is 2.07. The Balaban J connectivity index is 0.000000252. The second-order valence-corrected chi connectivity index (χ2v) is 48.8. The van der Waals surface area contributed by atoms with Gasteiger partial charge in [0.15, 0.2) is 0 Å². The Morgan fingerprint density at radius 1 is 0.362 bits per heavy atom. The van der Waals surface area contributed by atoms with E-state index in [-0.39, 0.29) is 45.4 Å². The number of likely N-dealkylation sites (N-methyl/N-ethyl adjacent to an activating group) is 2. The molecule has 7 fully saturated rings. The largest absolute Gasteiger partial charge is 0.379 e. The first-order chi connectivity index (χ1) is 60.2. The third kappa shape index (κ3) is 40.3. The first-order valence-corrected chi connectivity index (χ1v) is 50.7. The molecule has 3 aromatic carbocycles. The highest BCUT2D eigenvalue weighted by Crippen LogP contribution is 2.41. The summed E-state index contributed by atoms with van der Waals surface area (Å²) in [5.74, 6) is 2.95. The van der Waals surface area contributed by atoms with Crippen LogP contribution in [0.2, 0.25) is 0 Å². The number of benzene rings is 3. The Bertz CT molecular complexity index is 4060. The number of carbonyl (C=O) groups excluding carboxylic acids is 1. The van der Waals surface area contributed by atoms with E-state index in [1.54, 1.807) is 18.9 Å². The summed E-state index contributed by atoms with van der Waals surface area (Å²) in [5, 5.41) is 9.41. The van der Waals surface area contributed by atoms with Crippen molar-refractivity contribution in [2.75, 3.05) is 130 Å². The van der Waals surface area contributed by atoms with Gasteiger partial charge >= 0.3 is 0 Å². The number of allylic oxidation sites excluding steroid dienone is 3. The van der Waals surface area contributed by atoms with Crippen LogP contribution in [0.5, 0.6) is 0 Å². The number of imidazole rings is 1. The van der Waals surface area contributed by atoms with Crippen LogP contribution in [0.1, 0.15) is 297 Å². The summed E-state index contributed by atoms with van der Waals surface area (Å²) in [4.78, 5) is 42.2. The number of fused-ring (bicyclic) bond motifs is 4. The average Bonchev–Trinajstić information content (AvgIpc) is 1.61.